The predicted octanol–water partition coefficient (Wildman–Crippen LogP) is 4.97. The number of carbonyl (C=O) groups is 2. The summed E-state index contributed by atoms with van der Waals surface area (Å²) in [6.07, 6.45) is -4.64. The monoisotopic (exact) mass is 398 g/mol. The Balaban J connectivity index is 2.20. The molecule has 0 aromatic heterocycles. The van der Waals surface area contributed by atoms with Gasteiger partial charge in [-0.05, 0) is 55.3 Å². The van der Waals surface area contributed by atoms with E-state index in [1.54, 1.807) is 12.1 Å². The first-order valence-electron chi connectivity index (χ1n) is 8.01. The Morgan fingerprint density at radius 1 is 1.07 bits per heavy atom. The zero-order valence-electron chi connectivity index (χ0n) is 14.9. The molecule has 2 rings (SSSR count). The van der Waals surface area contributed by atoms with Crippen molar-refractivity contribution in [3.8, 4) is 0 Å². The zero-order chi connectivity index (χ0) is 20.4. The molecule has 8 heteroatoms. The molecule has 4 nitrogen and oxygen atoms in total. The average molecular weight is 399 g/mol. The highest BCUT2D eigenvalue weighted by Gasteiger charge is 2.33. The summed E-state index contributed by atoms with van der Waals surface area (Å²) >= 11 is 5.57. The van der Waals surface area contributed by atoms with E-state index in [9.17, 15) is 22.8 Å². The third kappa shape index (κ3) is 5.23. The molecule has 2 aromatic carbocycles. The molecule has 1 N–H and O–H groups in total. The van der Waals surface area contributed by atoms with Crippen LogP contribution in [0.1, 0.15) is 23.6 Å². The number of hydrogen-bond acceptors (Lipinski definition) is 2. The first kappa shape index (κ1) is 20.8. The van der Waals surface area contributed by atoms with Gasteiger partial charge in [0.15, 0.2) is 0 Å². The highest BCUT2D eigenvalue weighted by Crippen LogP contribution is 2.36. The van der Waals surface area contributed by atoms with Gasteiger partial charge >= 0.3 is 6.18 Å². The molecule has 0 aliphatic rings. The third-order valence-electron chi connectivity index (χ3n) is 4.04. The van der Waals surface area contributed by atoms with Crippen LogP contribution in [-0.2, 0) is 15.8 Å². The minimum Gasteiger partial charge on any atom is -0.325 e. The van der Waals surface area contributed by atoms with Gasteiger partial charge < -0.3 is 10.2 Å². The van der Waals surface area contributed by atoms with E-state index < -0.39 is 22.7 Å². The van der Waals surface area contributed by atoms with Crippen LogP contribution in [0.4, 0.5) is 24.5 Å². The molecule has 144 valence electrons. The number of nitrogens with one attached hydrogen (secondary N) is 1. The van der Waals surface area contributed by atoms with Crippen molar-refractivity contribution < 1.29 is 22.8 Å². The molecular formula is C19H18ClF3N2O2. The zero-order valence-corrected chi connectivity index (χ0v) is 15.7. The summed E-state index contributed by atoms with van der Waals surface area (Å²) in [5, 5.41) is 1.91. The Kier molecular flexibility index (Phi) is 6.15. The van der Waals surface area contributed by atoms with Gasteiger partial charge in [0.2, 0.25) is 11.8 Å². The van der Waals surface area contributed by atoms with E-state index in [0.29, 0.717) is 5.69 Å². The first-order valence-corrected chi connectivity index (χ1v) is 8.39. The van der Waals surface area contributed by atoms with Crippen molar-refractivity contribution in [2.24, 2.45) is 0 Å². The fraction of sp³-hybridized carbons (Fsp3) is 0.263. The molecule has 0 heterocycles. The van der Waals surface area contributed by atoms with Gasteiger partial charge in [-0.25, -0.2) is 0 Å². The van der Waals surface area contributed by atoms with Crippen LogP contribution >= 0.6 is 11.6 Å². The van der Waals surface area contributed by atoms with E-state index in [-0.39, 0.29) is 18.1 Å². The molecule has 27 heavy (non-hydrogen) atoms. The molecular weight excluding hydrogens is 381 g/mol. The molecule has 0 aliphatic carbocycles. The van der Waals surface area contributed by atoms with Crippen LogP contribution in [0.3, 0.4) is 0 Å². The van der Waals surface area contributed by atoms with Crippen LogP contribution in [0.15, 0.2) is 36.4 Å². The van der Waals surface area contributed by atoms with Crippen molar-refractivity contribution in [3.05, 3.63) is 58.1 Å². The molecule has 0 saturated carbocycles. The molecule has 0 saturated heterocycles. The molecule has 0 fully saturated rings. The summed E-state index contributed by atoms with van der Waals surface area (Å²) in [6.45, 7) is 4.78. The second-order valence-electron chi connectivity index (χ2n) is 6.11. The standard InChI is InChI=1S/C19H18ClF3N2O2/c1-11-4-6-15(8-12(11)2)25(13(3)26)10-18(27)24-14-5-7-17(20)16(9-14)19(21,22)23/h4-9H,10H2,1-3H3,(H,24,27). The quantitative estimate of drug-likeness (QED) is 0.790. The van der Waals surface area contributed by atoms with Gasteiger partial charge in [-0.3, -0.25) is 9.59 Å². The van der Waals surface area contributed by atoms with Crippen LogP contribution in [0.2, 0.25) is 5.02 Å². The van der Waals surface area contributed by atoms with E-state index in [1.807, 2.05) is 19.9 Å². The maximum Gasteiger partial charge on any atom is 0.417 e. The number of hydrogen-bond donors (Lipinski definition) is 1. The molecule has 0 unspecified atom stereocenters. The number of aryl methyl sites for hydroxylation is 2. The molecule has 2 aromatic rings. The minimum atomic E-state index is -4.64. The number of nitrogens with zero attached hydrogens (tertiary/aromatic N) is 1. The number of anilines is 2. The summed E-state index contributed by atoms with van der Waals surface area (Å²) in [4.78, 5) is 25.5. The first-order chi connectivity index (χ1) is 12.5. The molecule has 0 atom stereocenters. The largest absolute Gasteiger partial charge is 0.417 e. The Morgan fingerprint density at radius 2 is 1.74 bits per heavy atom. The summed E-state index contributed by atoms with van der Waals surface area (Å²) < 4.78 is 38.8. The van der Waals surface area contributed by atoms with Gasteiger partial charge in [0.1, 0.15) is 6.54 Å². The molecule has 0 aliphatic heterocycles. The summed E-state index contributed by atoms with van der Waals surface area (Å²) in [5.74, 6) is -0.987. The van der Waals surface area contributed by atoms with E-state index >= 15 is 0 Å². The smallest absolute Gasteiger partial charge is 0.325 e. The third-order valence-corrected chi connectivity index (χ3v) is 4.37. The molecule has 0 spiro atoms. The van der Waals surface area contributed by atoms with Crippen molar-refractivity contribution in [3.63, 3.8) is 0 Å². The van der Waals surface area contributed by atoms with Gasteiger partial charge in [0, 0.05) is 18.3 Å². The lowest BCUT2D eigenvalue weighted by molar-refractivity contribution is -0.137. The second kappa shape index (κ2) is 8.00. The van der Waals surface area contributed by atoms with E-state index in [1.165, 1.54) is 17.9 Å². The SMILES string of the molecule is CC(=O)N(CC(=O)Nc1ccc(Cl)c(C(F)(F)F)c1)c1ccc(C)c(C)c1. The maximum atomic E-state index is 12.9. The van der Waals surface area contributed by atoms with Crippen molar-refractivity contribution in [1.29, 1.82) is 0 Å². The van der Waals surface area contributed by atoms with Crippen molar-refractivity contribution in [2.45, 2.75) is 26.9 Å². The lowest BCUT2D eigenvalue weighted by atomic mass is 10.1. The van der Waals surface area contributed by atoms with Crippen LogP contribution in [-0.4, -0.2) is 18.4 Å². The van der Waals surface area contributed by atoms with Crippen LogP contribution in [0.5, 0.6) is 0 Å². The lowest BCUT2D eigenvalue weighted by Crippen LogP contribution is -2.36. The second-order valence-corrected chi connectivity index (χ2v) is 6.52. The Labute approximate surface area is 159 Å². The Bertz CT molecular complexity index is 882. The molecule has 0 radical (unpaired) electrons. The van der Waals surface area contributed by atoms with Crippen molar-refractivity contribution in [2.75, 3.05) is 16.8 Å². The van der Waals surface area contributed by atoms with E-state index in [2.05, 4.69) is 5.32 Å². The van der Waals surface area contributed by atoms with Gasteiger partial charge in [-0.2, -0.15) is 13.2 Å². The number of alkyl halides is 3. The normalized spacial score (nSPS) is 11.2. The fourth-order valence-electron chi connectivity index (χ4n) is 2.44. The maximum absolute atomic E-state index is 12.9. The number of halogens is 4. The van der Waals surface area contributed by atoms with Crippen molar-refractivity contribution >= 4 is 34.8 Å². The number of amides is 2. The number of carbonyl (C=O) groups excluding carboxylic acids is 2. The van der Waals surface area contributed by atoms with Crippen molar-refractivity contribution in [1.82, 2.24) is 0 Å². The topological polar surface area (TPSA) is 49.4 Å². The lowest BCUT2D eigenvalue weighted by Gasteiger charge is -2.22. The Morgan fingerprint density at radius 3 is 2.30 bits per heavy atom. The summed E-state index contributed by atoms with van der Waals surface area (Å²) in [6, 6.07) is 8.40. The Hall–Kier alpha value is -2.54. The summed E-state index contributed by atoms with van der Waals surface area (Å²) in [5.41, 5.74) is 1.42. The highest BCUT2D eigenvalue weighted by atomic mass is 35.5. The molecule has 2 amide bonds. The number of rotatable bonds is 4. The fourth-order valence-corrected chi connectivity index (χ4v) is 2.67. The van der Waals surface area contributed by atoms with Gasteiger partial charge in [-0.1, -0.05) is 17.7 Å². The predicted molar refractivity (Wildman–Crippen MR) is 99.0 cm³/mol. The van der Waals surface area contributed by atoms with Gasteiger partial charge in [0.05, 0.1) is 10.6 Å². The van der Waals surface area contributed by atoms with Crippen LogP contribution in [0.25, 0.3) is 0 Å². The van der Waals surface area contributed by atoms with E-state index in [0.717, 1.165) is 23.3 Å². The van der Waals surface area contributed by atoms with E-state index in [4.69, 9.17) is 11.6 Å². The van der Waals surface area contributed by atoms with Crippen LogP contribution < -0.4 is 10.2 Å². The van der Waals surface area contributed by atoms with Gasteiger partial charge in [-0.15, -0.1) is 0 Å². The number of benzene rings is 2. The van der Waals surface area contributed by atoms with Crippen LogP contribution in [0, 0.1) is 13.8 Å². The summed E-state index contributed by atoms with van der Waals surface area (Å²) in [7, 11) is 0. The highest BCUT2D eigenvalue weighted by molar-refractivity contribution is 6.31. The molecule has 0 bridgehead atoms. The van der Waals surface area contributed by atoms with Gasteiger partial charge in [0.25, 0.3) is 0 Å². The minimum absolute atomic E-state index is 0.0553. The average Bonchev–Trinajstić information content (AvgIpc) is 2.56.